The van der Waals surface area contributed by atoms with Gasteiger partial charge in [0.2, 0.25) is 0 Å². The molecule has 184 valence electrons. The molecule has 2 aromatic carbocycles. The monoisotopic (exact) mass is 469 g/mol. The van der Waals surface area contributed by atoms with E-state index >= 15 is 0 Å². The number of methoxy groups -OCH3 is 2. The number of amides is 2. The largest absolute Gasteiger partial charge is 0.497 e. The molecule has 8 nitrogen and oxygen atoms in total. The Bertz CT molecular complexity index is 969. The number of likely N-dealkylation sites (tertiary alicyclic amines) is 1. The molecule has 0 aliphatic carbocycles. The van der Waals surface area contributed by atoms with Crippen LogP contribution >= 0.6 is 0 Å². The fraction of sp³-hybridized carbons (Fsp3) is 0.462. The number of anilines is 1. The molecule has 1 fully saturated rings. The predicted octanol–water partition coefficient (Wildman–Crippen LogP) is 3.72. The van der Waals surface area contributed by atoms with Crippen LogP contribution in [0.2, 0.25) is 0 Å². The summed E-state index contributed by atoms with van der Waals surface area (Å²) in [6, 6.07) is 12.0. The fourth-order valence-electron chi connectivity index (χ4n) is 3.95. The van der Waals surface area contributed by atoms with Gasteiger partial charge in [-0.25, -0.2) is 0 Å². The number of ether oxygens (including phenoxy) is 3. The van der Waals surface area contributed by atoms with Crippen molar-refractivity contribution in [2.45, 2.75) is 38.6 Å². The van der Waals surface area contributed by atoms with E-state index in [0.29, 0.717) is 35.0 Å². The summed E-state index contributed by atoms with van der Waals surface area (Å²) in [6.07, 6.45) is 3.68. The lowest BCUT2D eigenvalue weighted by Crippen LogP contribution is -2.53. The van der Waals surface area contributed by atoms with Gasteiger partial charge in [-0.3, -0.25) is 14.5 Å². The van der Waals surface area contributed by atoms with Crippen molar-refractivity contribution in [1.82, 2.24) is 10.2 Å². The Morgan fingerprint density at radius 1 is 0.941 bits per heavy atom. The summed E-state index contributed by atoms with van der Waals surface area (Å²) in [7, 11) is 3.08. The van der Waals surface area contributed by atoms with Gasteiger partial charge in [-0.05, 0) is 82.2 Å². The highest BCUT2D eigenvalue weighted by Crippen LogP contribution is 2.28. The number of nitrogens with one attached hydrogen (secondary N) is 2. The first-order valence-electron chi connectivity index (χ1n) is 11.6. The molecule has 2 N–H and O–H groups in total. The predicted molar refractivity (Wildman–Crippen MR) is 132 cm³/mol. The molecule has 1 aliphatic rings. The second-order valence-electron chi connectivity index (χ2n) is 8.97. The zero-order valence-corrected chi connectivity index (χ0v) is 20.5. The molecule has 2 aromatic rings. The quantitative estimate of drug-likeness (QED) is 0.551. The molecule has 2 amide bonds. The van der Waals surface area contributed by atoms with Crippen molar-refractivity contribution >= 4 is 17.5 Å². The third-order valence-corrected chi connectivity index (χ3v) is 6.05. The third kappa shape index (κ3) is 6.87. The molecule has 0 radical (unpaired) electrons. The summed E-state index contributed by atoms with van der Waals surface area (Å²) in [6.45, 7) is 6.81. The summed E-state index contributed by atoms with van der Waals surface area (Å²) in [5.41, 5.74) is 1.00. The van der Waals surface area contributed by atoms with E-state index in [2.05, 4.69) is 29.4 Å². The highest BCUT2D eigenvalue weighted by atomic mass is 16.5. The van der Waals surface area contributed by atoms with Crippen molar-refractivity contribution < 1.29 is 23.8 Å². The zero-order chi connectivity index (χ0) is 24.6. The fourth-order valence-corrected chi connectivity index (χ4v) is 3.95. The van der Waals surface area contributed by atoms with Crippen LogP contribution in [0.5, 0.6) is 17.2 Å². The highest BCUT2D eigenvalue weighted by molar-refractivity contribution is 5.95. The van der Waals surface area contributed by atoms with Crippen molar-refractivity contribution in [3.8, 4) is 17.2 Å². The Morgan fingerprint density at radius 2 is 1.65 bits per heavy atom. The summed E-state index contributed by atoms with van der Waals surface area (Å²) < 4.78 is 16.1. The van der Waals surface area contributed by atoms with Crippen molar-refractivity contribution in [1.29, 1.82) is 0 Å². The molecular weight excluding hydrogens is 434 g/mol. The second-order valence-corrected chi connectivity index (χ2v) is 8.97. The van der Waals surface area contributed by atoms with Crippen LogP contribution in [-0.2, 0) is 4.79 Å². The van der Waals surface area contributed by atoms with E-state index in [-0.39, 0.29) is 24.0 Å². The molecule has 8 heteroatoms. The van der Waals surface area contributed by atoms with Gasteiger partial charge < -0.3 is 24.8 Å². The Morgan fingerprint density at radius 3 is 2.29 bits per heavy atom. The lowest BCUT2D eigenvalue weighted by Gasteiger charge is -2.41. The van der Waals surface area contributed by atoms with Crippen LogP contribution in [0, 0.1) is 0 Å². The molecule has 1 heterocycles. The number of rotatable bonds is 10. The first-order chi connectivity index (χ1) is 16.3. The van der Waals surface area contributed by atoms with Gasteiger partial charge >= 0.3 is 0 Å². The average molecular weight is 470 g/mol. The molecule has 0 unspecified atom stereocenters. The normalized spacial score (nSPS) is 14.2. The molecule has 34 heavy (non-hydrogen) atoms. The molecule has 3 rings (SSSR count). The summed E-state index contributed by atoms with van der Waals surface area (Å²) in [5.74, 6) is 0.997. The zero-order valence-electron chi connectivity index (χ0n) is 20.5. The van der Waals surface area contributed by atoms with Gasteiger partial charge in [-0.2, -0.15) is 0 Å². The summed E-state index contributed by atoms with van der Waals surface area (Å²) in [5, 5.41) is 5.80. The van der Waals surface area contributed by atoms with Gasteiger partial charge in [0.25, 0.3) is 11.8 Å². The second kappa shape index (κ2) is 11.7. The molecule has 1 aliphatic heterocycles. The minimum atomic E-state index is -0.311. The molecule has 0 aromatic heterocycles. The maximum Gasteiger partial charge on any atom is 0.262 e. The van der Waals surface area contributed by atoms with E-state index in [1.807, 2.05) is 0 Å². The smallest absolute Gasteiger partial charge is 0.262 e. The maximum atomic E-state index is 12.8. The van der Waals surface area contributed by atoms with Gasteiger partial charge in [0.05, 0.1) is 14.2 Å². The van der Waals surface area contributed by atoms with Crippen LogP contribution in [0.3, 0.4) is 0 Å². The summed E-state index contributed by atoms with van der Waals surface area (Å²) in [4.78, 5) is 27.5. The Labute approximate surface area is 201 Å². The number of hydrogen-bond acceptors (Lipinski definition) is 6. The van der Waals surface area contributed by atoms with Gasteiger partial charge in [0.1, 0.15) is 5.75 Å². The first kappa shape index (κ1) is 25.4. The van der Waals surface area contributed by atoms with Crippen molar-refractivity contribution in [2.24, 2.45) is 0 Å². The average Bonchev–Trinajstić information content (AvgIpc) is 2.87. The van der Waals surface area contributed by atoms with Gasteiger partial charge in [0, 0.05) is 23.3 Å². The van der Waals surface area contributed by atoms with Crippen molar-refractivity contribution in [3.63, 3.8) is 0 Å². The molecular formula is C26H35N3O5. The molecule has 0 bridgehead atoms. The van der Waals surface area contributed by atoms with Crippen LogP contribution < -0.4 is 24.8 Å². The third-order valence-electron chi connectivity index (χ3n) is 6.05. The first-order valence-corrected chi connectivity index (χ1v) is 11.6. The van der Waals surface area contributed by atoms with E-state index in [0.717, 1.165) is 13.1 Å². The van der Waals surface area contributed by atoms with Crippen LogP contribution in [0.25, 0.3) is 0 Å². The van der Waals surface area contributed by atoms with Gasteiger partial charge in [-0.1, -0.05) is 6.42 Å². The van der Waals surface area contributed by atoms with Crippen LogP contribution in [-0.4, -0.2) is 62.7 Å². The maximum absolute atomic E-state index is 12.8. The number of piperidine rings is 1. The SMILES string of the molecule is COc1ccc(NC(=O)COc2ccc(C(=O)NCC(C)(C)N3CCCCC3)cc2OC)cc1. The number of carbonyl (C=O) groups is 2. The minimum Gasteiger partial charge on any atom is -0.497 e. The Balaban J connectivity index is 1.54. The molecule has 0 atom stereocenters. The highest BCUT2D eigenvalue weighted by Gasteiger charge is 2.28. The Kier molecular flexibility index (Phi) is 8.76. The number of benzene rings is 2. The standard InChI is InChI=1S/C26H35N3O5/c1-26(2,29-14-6-5-7-15-29)18-27-25(31)19-8-13-22(23(16-19)33-4)34-17-24(30)28-20-9-11-21(32-3)12-10-20/h8-13,16H,5-7,14-15,17-18H2,1-4H3,(H,27,31)(H,28,30). The van der Waals surface area contributed by atoms with E-state index in [9.17, 15) is 9.59 Å². The van der Waals surface area contributed by atoms with Gasteiger partial charge in [0.15, 0.2) is 18.1 Å². The Hall–Kier alpha value is -3.26. The molecule has 1 saturated heterocycles. The van der Waals surface area contributed by atoms with Crippen molar-refractivity contribution in [2.75, 3.05) is 45.8 Å². The topological polar surface area (TPSA) is 89.1 Å². The number of nitrogens with zero attached hydrogens (tertiary/aromatic N) is 1. The number of hydrogen-bond donors (Lipinski definition) is 2. The summed E-state index contributed by atoms with van der Waals surface area (Å²) >= 11 is 0. The molecule has 0 saturated carbocycles. The molecule has 0 spiro atoms. The van der Waals surface area contributed by atoms with E-state index in [1.165, 1.54) is 26.4 Å². The van der Waals surface area contributed by atoms with Crippen LogP contribution in [0.4, 0.5) is 5.69 Å². The van der Waals surface area contributed by atoms with E-state index in [4.69, 9.17) is 14.2 Å². The van der Waals surface area contributed by atoms with Crippen molar-refractivity contribution in [3.05, 3.63) is 48.0 Å². The van der Waals surface area contributed by atoms with Crippen LogP contribution in [0.15, 0.2) is 42.5 Å². The van der Waals surface area contributed by atoms with Crippen LogP contribution in [0.1, 0.15) is 43.5 Å². The van der Waals surface area contributed by atoms with Gasteiger partial charge in [-0.15, -0.1) is 0 Å². The minimum absolute atomic E-state index is 0.111. The number of carbonyl (C=O) groups excluding carboxylic acids is 2. The lowest BCUT2D eigenvalue weighted by molar-refractivity contribution is -0.118. The van der Waals surface area contributed by atoms with E-state index in [1.54, 1.807) is 49.6 Å². The van der Waals surface area contributed by atoms with E-state index < -0.39 is 0 Å². The lowest BCUT2D eigenvalue weighted by atomic mass is 9.98.